The van der Waals surface area contributed by atoms with Crippen LogP contribution in [0.2, 0.25) is 0 Å². The zero-order chi connectivity index (χ0) is 20.6. The molecule has 0 aliphatic carbocycles. The van der Waals surface area contributed by atoms with Crippen molar-refractivity contribution in [1.29, 1.82) is 0 Å². The van der Waals surface area contributed by atoms with Gasteiger partial charge in [0.2, 0.25) is 15.9 Å². The highest BCUT2D eigenvalue weighted by molar-refractivity contribution is 7.89. The van der Waals surface area contributed by atoms with E-state index in [1.165, 1.54) is 0 Å². The van der Waals surface area contributed by atoms with Gasteiger partial charge in [-0.25, -0.2) is 17.2 Å². The molecule has 150 valence electrons. The first kappa shape index (κ1) is 20.4. The average Bonchev–Trinajstić information content (AvgIpc) is 3.07. The number of halogens is 2. The van der Waals surface area contributed by atoms with Gasteiger partial charge < -0.3 is 5.32 Å². The van der Waals surface area contributed by atoms with Crippen LogP contribution in [0.3, 0.4) is 0 Å². The van der Waals surface area contributed by atoms with Crippen molar-refractivity contribution < 1.29 is 22.0 Å². The van der Waals surface area contributed by atoms with E-state index in [0.717, 1.165) is 28.1 Å². The van der Waals surface area contributed by atoms with Gasteiger partial charge in [-0.3, -0.25) is 4.79 Å². The predicted octanol–water partition coefficient (Wildman–Crippen LogP) is 3.68. The molecule has 8 heteroatoms. The first-order valence-corrected chi connectivity index (χ1v) is 10.4. The Hall–Kier alpha value is -2.32. The lowest BCUT2D eigenvalue weighted by atomic mass is 10.1. The van der Waals surface area contributed by atoms with Crippen molar-refractivity contribution in [3.63, 3.8) is 0 Å². The zero-order valence-corrected chi connectivity index (χ0v) is 16.7. The number of nitrogens with one attached hydrogen (secondary N) is 1. The molecule has 3 rings (SSSR count). The number of hydrogen-bond acceptors (Lipinski definition) is 3. The molecule has 28 heavy (non-hydrogen) atoms. The molecule has 1 heterocycles. The van der Waals surface area contributed by atoms with Gasteiger partial charge in [-0.2, -0.15) is 4.31 Å². The number of anilines is 1. The molecule has 0 radical (unpaired) electrons. The number of rotatable bonds is 4. The molecule has 2 aromatic carbocycles. The third kappa shape index (κ3) is 3.79. The maximum Gasteiger partial charge on any atom is 0.244 e. The van der Waals surface area contributed by atoms with Gasteiger partial charge in [0, 0.05) is 12.6 Å². The fraction of sp³-hybridized carbons (Fsp3) is 0.350. The largest absolute Gasteiger partial charge is 0.322 e. The van der Waals surface area contributed by atoms with Gasteiger partial charge in [0.05, 0.1) is 10.6 Å². The van der Waals surface area contributed by atoms with E-state index in [-0.39, 0.29) is 17.1 Å². The Labute approximate surface area is 163 Å². The molecule has 1 amide bonds. The van der Waals surface area contributed by atoms with Gasteiger partial charge in [-0.05, 0) is 56.9 Å². The van der Waals surface area contributed by atoms with Crippen molar-refractivity contribution in [3.8, 4) is 0 Å². The number of nitrogens with zero attached hydrogens (tertiary/aromatic N) is 1. The van der Waals surface area contributed by atoms with E-state index in [1.54, 1.807) is 26.0 Å². The van der Waals surface area contributed by atoms with Crippen LogP contribution in [0.1, 0.15) is 29.5 Å². The fourth-order valence-corrected chi connectivity index (χ4v) is 5.86. The Morgan fingerprint density at radius 2 is 1.75 bits per heavy atom. The topological polar surface area (TPSA) is 66.5 Å². The van der Waals surface area contributed by atoms with Crippen LogP contribution in [-0.2, 0) is 14.8 Å². The van der Waals surface area contributed by atoms with Crippen LogP contribution >= 0.6 is 0 Å². The Morgan fingerprint density at radius 3 is 2.39 bits per heavy atom. The normalized spacial score (nSPS) is 17.7. The standard InChI is InChI=1S/C20H22F2N2O3S/c1-12-9-13(2)19(14(3)10-12)28(26,27)24-8-4-5-18(24)20(25)23-17-11-15(21)6-7-16(17)22/h6-7,9-11,18H,4-5,8H2,1-3H3,(H,23,25). The highest BCUT2D eigenvalue weighted by Gasteiger charge is 2.40. The van der Waals surface area contributed by atoms with Crippen LogP contribution in [0.5, 0.6) is 0 Å². The van der Waals surface area contributed by atoms with E-state index in [1.807, 2.05) is 6.92 Å². The summed E-state index contributed by atoms with van der Waals surface area (Å²) < 4.78 is 54.9. The van der Waals surface area contributed by atoms with E-state index in [0.29, 0.717) is 24.0 Å². The summed E-state index contributed by atoms with van der Waals surface area (Å²) in [7, 11) is -3.92. The summed E-state index contributed by atoms with van der Waals surface area (Å²) in [4.78, 5) is 12.9. The Kier molecular flexibility index (Phi) is 5.54. The van der Waals surface area contributed by atoms with Crippen molar-refractivity contribution in [2.45, 2.75) is 44.6 Å². The third-order valence-electron chi connectivity index (χ3n) is 4.86. The van der Waals surface area contributed by atoms with Crippen molar-refractivity contribution in [2.24, 2.45) is 0 Å². The second-order valence-corrected chi connectivity index (χ2v) is 8.94. The minimum Gasteiger partial charge on any atom is -0.322 e. The highest BCUT2D eigenvalue weighted by Crippen LogP contribution is 2.31. The maximum atomic E-state index is 13.8. The lowest BCUT2D eigenvalue weighted by Gasteiger charge is -2.25. The number of carbonyl (C=O) groups is 1. The second kappa shape index (κ2) is 7.60. The predicted molar refractivity (Wildman–Crippen MR) is 103 cm³/mol. The Morgan fingerprint density at radius 1 is 1.11 bits per heavy atom. The SMILES string of the molecule is Cc1cc(C)c(S(=O)(=O)N2CCCC2C(=O)Nc2cc(F)ccc2F)c(C)c1. The molecular weight excluding hydrogens is 386 g/mol. The molecule has 1 unspecified atom stereocenters. The van der Waals surface area contributed by atoms with Crippen LogP contribution in [-0.4, -0.2) is 31.2 Å². The third-order valence-corrected chi connectivity index (χ3v) is 7.08. The van der Waals surface area contributed by atoms with Gasteiger partial charge in [0.15, 0.2) is 0 Å². The molecular formula is C20H22F2N2O3S. The lowest BCUT2D eigenvalue weighted by molar-refractivity contribution is -0.119. The van der Waals surface area contributed by atoms with E-state index in [9.17, 15) is 22.0 Å². The minimum atomic E-state index is -3.92. The summed E-state index contributed by atoms with van der Waals surface area (Å²) >= 11 is 0. The van der Waals surface area contributed by atoms with Crippen LogP contribution in [0.4, 0.5) is 14.5 Å². The van der Waals surface area contributed by atoms with Crippen molar-refractivity contribution in [1.82, 2.24) is 4.31 Å². The van der Waals surface area contributed by atoms with Crippen molar-refractivity contribution in [3.05, 3.63) is 58.7 Å². The first-order valence-electron chi connectivity index (χ1n) is 8.97. The number of hydrogen-bond donors (Lipinski definition) is 1. The van der Waals surface area contributed by atoms with Gasteiger partial charge in [0.25, 0.3) is 0 Å². The summed E-state index contributed by atoms with van der Waals surface area (Å²) in [5, 5.41) is 2.32. The molecule has 1 fully saturated rings. The van der Waals surface area contributed by atoms with Gasteiger partial charge >= 0.3 is 0 Å². The average molecular weight is 408 g/mol. The molecule has 1 N–H and O–H groups in total. The highest BCUT2D eigenvalue weighted by atomic mass is 32.2. The fourth-order valence-electron chi connectivity index (χ4n) is 3.79. The monoisotopic (exact) mass is 408 g/mol. The molecule has 1 aliphatic rings. The van der Waals surface area contributed by atoms with Crippen LogP contribution in [0, 0.1) is 32.4 Å². The van der Waals surface area contributed by atoms with Crippen LogP contribution in [0.15, 0.2) is 35.2 Å². The molecule has 5 nitrogen and oxygen atoms in total. The van der Waals surface area contributed by atoms with E-state index in [2.05, 4.69) is 5.32 Å². The zero-order valence-electron chi connectivity index (χ0n) is 15.9. The van der Waals surface area contributed by atoms with Gasteiger partial charge in [0.1, 0.15) is 17.7 Å². The van der Waals surface area contributed by atoms with Gasteiger partial charge in [-0.1, -0.05) is 17.7 Å². The molecule has 0 aromatic heterocycles. The maximum absolute atomic E-state index is 13.8. The molecule has 2 aromatic rings. The summed E-state index contributed by atoms with van der Waals surface area (Å²) in [5.41, 5.74) is 1.86. The molecule has 1 saturated heterocycles. The quantitative estimate of drug-likeness (QED) is 0.839. The molecule has 0 saturated carbocycles. The molecule has 0 spiro atoms. The number of carbonyl (C=O) groups excluding carboxylic acids is 1. The Bertz CT molecular complexity index is 1010. The summed E-state index contributed by atoms with van der Waals surface area (Å²) in [6.45, 7) is 5.52. The number of sulfonamides is 1. The van der Waals surface area contributed by atoms with E-state index >= 15 is 0 Å². The Balaban J connectivity index is 1.92. The second-order valence-electron chi connectivity index (χ2n) is 7.12. The molecule has 0 bridgehead atoms. The summed E-state index contributed by atoms with van der Waals surface area (Å²) in [6.07, 6.45) is 0.818. The number of amides is 1. The summed E-state index contributed by atoms with van der Waals surface area (Å²) in [5.74, 6) is -2.15. The van der Waals surface area contributed by atoms with Crippen LogP contribution < -0.4 is 5.32 Å². The number of benzene rings is 2. The molecule has 1 aliphatic heterocycles. The van der Waals surface area contributed by atoms with E-state index < -0.39 is 33.6 Å². The first-order chi connectivity index (χ1) is 13.1. The lowest BCUT2D eigenvalue weighted by Crippen LogP contribution is -2.43. The molecule has 1 atom stereocenters. The summed E-state index contributed by atoms with van der Waals surface area (Å²) in [6, 6.07) is 5.32. The van der Waals surface area contributed by atoms with Crippen molar-refractivity contribution >= 4 is 21.6 Å². The van der Waals surface area contributed by atoms with E-state index in [4.69, 9.17) is 0 Å². The van der Waals surface area contributed by atoms with Crippen LogP contribution in [0.25, 0.3) is 0 Å². The smallest absolute Gasteiger partial charge is 0.244 e. The van der Waals surface area contributed by atoms with Gasteiger partial charge in [-0.15, -0.1) is 0 Å². The number of aryl methyl sites for hydroxylation is 3. The minimum absolute atomic E-state index is 0.190. The van der Waals surface area contributed by atoms with Crippen molar-refractivity contribution in [2.75, 3.05) is 11.9 Å².